The number of carbonyl (C=O) groups excluding carboxylic acids is 1. The molecule has 2 atom stereocenters. The van der Waals surface area contributed by atoms with E-state index in [0.29, 0.717) is 24.8 Å². The predicted octanol–water partition coefficient (Wildman–Crippen LogP) is 3.15. The Labute approximate surface area is 152 Å². The molecule has 0 spiro atoms. The average molecular weight is 364 g/mol. The summed E-state index contributed by atoms with van der Waals surface area (Å²) in [7, 11) is 0. The molecule has 1 fully saturated rings. The van der Waals surface area contributed by atoms with Gasteiger partial charge in [0.15, 0.2) is 5.79 Å². The van der Waals surface area contributed by atoms with E-state index in [1.807, 2.05) is 0 Å². The van der Waals surface area contributed by atoms with E-state index in [2.05, 4.69) is 0 Å². The summed E-state index contributed by atoms with van der Waals surface area (Å²) in [5.74, 6) is -4.86. The number of carboxylic acids is 1. The van der Waals surface area contributed by atoms with Crippen molar-refractivity contribution in [3.05, 3.63) is 41.7 Å². The van der Waals surface area contributed by atoms with E-state index >= 15 is 0 Å². The summed E-state index contributed by atoms with van der Waals surface area (Å²) in [6.07, 6.45) is 6.14. The van der Waals surface area contributed by atoms with Gasteiger partial charge in [-0.3, -0.25) is 9.59 Å². The third kappa shape index (κ3) is 5.47. The van der Waals surface area contributed by atoms with Gasteiger partial charge in [-0.15, -0.1) is 0 Å². The first-order valence-corrected chi connectivity index (χ1v) is 8.93. The number of aliphatic carboxylic acids is 1. The molecule has 0 bridgehead atoms. The summed E-state index contributed by atoms with van der Waals surface area (Å²) in [6.45, 7) is 0. The minimum atomic E-state index is -2.12. The van der Waals surface area contributed by atoms with E-state index in [1.54, 1.807) is 18.2 Å². The van der Waals surface area contributed by atoms with Crippen LogP contribution in [-0.2, 0) is 9.59 Å². The molecule has 1 aromatic rings. The smallest absolute Gasteiger partial charge is 0.303 e. The van der Waals surface area contributed by atoms with Crippen LogP contribution in [0.5, 0.6) is 0 Å². The predicted molar refractivity (Wildman–Crippen MR) is 94.5 cm³/mol. The van der Waals surface area contributed by atoms with Gasteiger partial charge in [-0.25, -0.2) is 4.39 Å². The van der Waals surface area contributed by atoms with Gasteiger partial charge < -0.3 is 15.3 Å². The number of rotatable bonds is 9. The quantitative estimate of drug-likeness (QED) is 0.462. The average Bonchev–Trinajstić information content (AvgIpc) is 2.78. The lowest BCUT2D eigenvalue weighted by Crippen LogP contribution is -2.33. The van der Waals surface area contributed by atoms with Crippen molar-refractivity contribution in [1.29, 1.82) is 0 Å². The Morgan fingerprint density at radius 2 is 1.88 bits per heavy atom. The zero-order valence-electron chi connectivity index (χ0n) is 14.6. The van der Waals surface area contributed by atoms with Crippen LogP contribution >= 0.6 is 0 Å². The Morgan fingerprint density at radius 1 is 1.19 bits per heavy atom. The number of benzene rings is 1. The van der Waals surface area contributed by atoms with Gasteiger partial charge in [-0.05, 0) is 18.9 Å². The second-order valence-corrected chi connectivity index (χ2v) is 6.88. The second-order valence-electron chi connectivity index (χ2n) is 6.88. The van der Waals surface area contributed by atoms with Crippen molar-refractivity contribution < 1.29 is 29.3 Å². The van der Waals surface area contributed by atoms with Crippen molar-refractivity contribution in [1.82, 2.24) is 0 Å². The standard InChI is InChI=1S/C20H25FO5/c21-17-9-6-5-7-14(17)11-12-16-15(18(22)13-20(16,25)26)8-3-1-2-4-10-19(23)24/h5-7,9,11-12,15-16,25-26H,1-4,8,10,13H2,(H,23,24). The Balaban J connectivity index is 1.96. The van der Waals surface area contributed by atoms with E-state index in [0.717, 1.165) is 12.8 Å². The molecule has 0 aromatic heterocycles. The fourth-order valence-corrected chi connectivity index (χ4v) is 3.47. The largest absolute Gasteiger partial charge is 0.481 e. The number of halogens is 1. The van der Waals surface area contributed by atoms with Gasteiger partial charge in [0.2, 0.25) is 0 Å². The van der Waals surface area contributed by atoms with Crippen LogP contribution in [0.3, 0.4) is 0 Å². The highest BCUT2D eigenvalue weighted by molar-refractivity contribution is 5.85. The Bertz CT molecular complexity index is 668. The Kier molecular flexibility index (Phi) is 7.06. The molecule has 2 unspecified atom stereocenters. The first-order chi connectivity index (χ1) is 12.3. The number of carbonyl (C=O) groups is 2. The van der Waals surface area contributed by atoms with Crippen LogP contribution < -0.4 is 0 Å². The molecule has 3 N–H and O–H groups in total. The van der Waals surface area contributed by atoms with Gasteiger partial charge in [0.25, 0.3) is 0 Å². The van der Waals surface area contributed by atoms with Crippen LogP contribution in [0.15, 0.2) is 30.3 Å². The van der Waals surface area contributed by atoms with Crippen molar-refractivity contribution >= 4 is 17.8 Å². The van der Waals surface area contributed by atoms with Crippen molar-refractivity contribution in [3.8, 4) is 0 Å². The van der Waals surface area contributed by atoms with Crippen molar-refractivity contribution in [2.45, 2.75) is 50.7 Å². The lowest BCUT2D eigenvalue weighted by atomic mass is 9.87. The molecular weight excluding hydrogens is 339 g/mol. The molecule has 0 aliphatic heterocycles. The maximum Gasteiger partial charge on any atom is 0.303 e. The summed E-state index contributed by atoms with van der Waals surface area (Å²) < 4.78 is 13.7. The minimum Gasteiger partial charge on any atom is -0.481 e. The highest BCUT2D eigenvalue weighted by Gasteiger charge is 2.49. The number of aliphatic hydroxyl groups is 2. The normalized spacial score (nSPS) is 22.2. The number of hydrogen-bond acceptors (Lipinski definition) is 4. The van der Waals surface area contributed by atoms with E-state index in [-0.39, 0.29) is 18.6 Å². The zero-order chi connectivity index (χ0) is 19.2. The summed E-state index contributed by atoms with van der Waals surface area (Å²) in [6, 6.07) is 6.15. The highest BCUT2D eigenvalue weighted by atomic mass is 19.1. The van der Waals surface area contributed by atoms with E-state index in [9.17, 15) is 24.2 Å². The molecule has 2 rings (SSSR count). The molecule has 0 heterocycles. The Morgan fingerprint density at radius 3 is 2.58 bits per heavy atom. The molecule has 26 heavy (non-hydrogen) atoms. The molecule has 1 aromatic carbocycles. The molecule has 1 saturated carbocycles. The van der Waals surface area contributed by atoms with Gasteiger partial charge in [-0.2, -0.15) is 0 Å². The van der Waals surface area contributed by atoms with Crippen molar-refractivity contribution in [3.63, 3.8) is 0 Å². The molecular formula is C20H25FO5. The number of Topliss-reactive ketones (excluding diaryl/α,β-unsaturated/α-hetero) is 1. The third-order valence-electron chi connectivity index (χ3n) is 4.86. The molecule has 142 valence electrons. The molecule has 0 amide bonds. The highest BCUT2D eigenvalue weighted by Crippen LogP contribution is 2.40. The molecule has 0 saturated heterocycles. The third-order valence-corrected chi connectivity index (χ3v) is 4.86. The van der Waals surface area contributed by atoms with Gasteiger partial charge in [0.1, 0.15) is 11.6 Å². The summed E-state index contributed by atoms with van der Waals surface area (Å²) in [4.78, 5) is 22.7. The number of hydrogen-bond donors (Lipinski definition) is 3. The summed E-state index contributed by atoms with van der Waals surface area (Å²) in [5, 5.41) is 28.9. The first kappa shape index (κ1) is 20.3. The van der Waals surface area contributed by atoms with Crippen LogP contribution in [0.25, 0.3) is 6.08 Å². The number of ketones is 1. The van der Waals surface area contributed by atoms with Crippen LogP contribution in [-0.4, -0.2) is 32.9 Å². The number of carboxylic acid groups (broad SMARTS) is 1. The first-order valence-electron chi connectivity index (χ1n) is 8.93. The molecule has 0 radical (unpaired) electrons. The Hall–Kier alpha value is -2.05. The zero-order valence-corrected chi connectivity index (χ0v) is 14.6. The van der Waals surface area contributed by atoms with Gasteiger partial charge in [0.05, 0.1) is 6.42 Å². The molecule has 6 heteroatoms. The van der Waals surface area contributed by atoms with Gasteiger partial charge in [0, 0.05) is 23.8 Å². The summed E-state index contributed by atoms with van der Waals surface area (Å²) in [5.41, 5.74) is 0.329. The van der Waals surface area contributed by atoms with Crippen LogP contribution in [0.1, 0.15) is 50.5 Å². The monoisotopic (exact) mass is 364 g/mol. The van der Waals surface area contributed by atoms with Crippen LogP contribution in [0.2, 0.25) is 0 Å². The maximum absolute atomic E-state index is 13.7. The van der Waals surface area contributed by atoms with Crippen LogP contribution in [0, 0.1) is 17.7 Å². The van der Waals surface area contributed by atoms with Crippen molar-refractivity contribution in [2.75, 3.05) is 0 Å². The maximum atomic E-state index is 13.7. The molecule has 1 aliphatic rings. The van der Waals surface area contributed by atoms with Crippen LogP contribution in [0.4, 0.5) is 4.39 Å². The van der Waals surface area contributed by atoms with Gasteiger partial charge in [-0.1, -0.05) is 49.6 Å². The topological polar surface area (TPSA) is 94.8 Å². The van der Waals surface area contributed by atoms with E-state index < -0.39 is 29.4 Å². The van der Waals surface area contributed by atoms with Gasteiger partial charge >= 0.3 is 5.97 Å². The lowest BCUT2D eigenvalue weighted by molar-refractivity contribution is -0.178. The minimum absolute atomic E-state index is 0.132. The molecule has 1 aliphatic carbocycles. The second kappa shape index (κ2) is 9.05. The van der Waals surface area contributed by atoms with E-state index in [4.69, 9.17) is 5.11 Å². The fraction of sp³-hybridized carbons (Fsp3) is 0.500. The fourth-order valence-electron chi connectivity index (χ4n) is 3.47. The van der Waals surface area contributed by atoms with E-state index in [1.165, 1.54) is 18.2 Å². The van der Waals surface area contributed by atoms with Crippen molar-refractivity contribution in [2.24, 2.45) is 11.8 Å². The summed E-state index contributed by atoms with van der Waals surface area (Å²) >= 11 is 0. The number of unbranched alkanes of at least 4 members (excludes halogenated alkanes) is 3. The lowest BCUT2D eigenvalue weighted by Gasteiger charge is -2.24. The molecule has 5 nitrogen and oxygen atoms in total. The SMILES string of the molecule is O=C(O)CCCCCCC1C(=O)CC(O)(O)C1C=Cc1ccccc1F.